The summed E-state index contributed by atoms with van der Waals surface area (Å²) in [5, 5.41) is 3.01. The first-order valence-corrected chi connectivity index (χ1v) is 9.09. The van der Waals surface area contributed by atoms with E-state index in [1.54, 1.807) is 0 Å². The number of nitrogens with one attached hydrogen (secondary N) is 1. The van der Waals surface area contributed by atoms with Crippen molar-refractivity contribution in [2.45, 2.75) is 24.8 Å². The Balaban J connectivity index is 1.32. The lowest BCUT2D eigenvalue weighted by Gasteiger charge is -2.47. The molecule has 0 unspecified atom stereocenters. The van der Waals surface area contributed by atoms with Gasteiger partial charge in [-0.25, -0.2) is 0 Å². The summed E-state index contributed by atoms with van der Waals surface area (Å²) in [7, 11) is 0. The van der Waals surface area contributed by atoms with Gasteiger partial charge in [-0.15, -0.1) is 0 Å². The molecule has 5 rings (SSSR count). The van der Waals surface area contributed by atoms with Gasteiger partial charge in [-0.05, 0) is 29.7 Å². The van der Waals surface area contributed by atoms with E-state index in [9.17, 15) is 9.59 Å². The van der Waals surface area contributed by atoms with E-state index in [4.69, 9.17) is 4.74 Å². The number of hydrogen-bond acceptors (Lipinski definition) is 3. The fraction of sp³-hybridized carbons (Fsp3) is 0.333. The number of nitrogens with zero attached hydrogens (tertiary/aromatic N) is 1. The Hall–Kier alpha value is -2.82. The lowest BCUT2D eigenvalue weighted by atomic mass is 9.87. The summed E-state index contributed by atoms with van der Waals surface area (Å²) in [5.74, 6) is 1.09. The van der Waals surface area contributed by atoms with Gasteiger partial charge >= 0.3 is 0 Å². The second-order valence-electron chi connectivity index (χ2n) is 7.46. The highest BCUT2D eigenvalue weighted by Gasteiger charge is 2.49. The van der Waals surface area contributed by atoms with Crippen molar-refractivity contribution in [3.8, 4) is 16.9 Å². The molecule has 2 aromatic carbocycles. The molecule has 0 atom stereocenters. The van der Waals surface area contributed by atoms with Crippen LogP contribution in [-0.4, -0.2) is 41.9 Å². The SMILES string of the molecule is O=C1CCC2(CN(C(=O)c3ccc(-c4cccc5c4OCC5)cc3)C2)N1. The average Bonchev–Trinajstić information content (AvgIpc) is 3.26. The van der Waals surface area contributed by atoms with Crippen LogP contribution in [0.3, 0.4) is 0 Å². The van der Waals surface area contributed by atoms with E-state index in [1.807, 2.05) is 29.2 Å². The first-order valence-electron chi connectivity index (χ1n) is 9.09. The minimum absolute atomic E-state index is 0.0258. The molecule has 2 saturated heterocycles. The number of amides is 2. The van der Waals surface area contributed by atoms with Crippen molar-refractivity contribution in [1.29, 1.82) is 0 Å². The first kappa shape index (κ1) is 15.4. The third-order valence-electron chi connectivity index (χ3n) is 5.67. The number of benzene rings is 2. The Bertz CT molecular complexity index is 898. The summed E-state index contributed by atoms with van der Waals surface area (Å²) in [4.78, 5) is 25.9. The van der Waals surface area contributed by atoms with Crippen molar-refractivity contribution in [2.75, 3.05) is 19.7 Å². The predicted octanol–water partition coefficient (Wildman–Crippen LogP) is 2.39. The Morgan fingerprint density at radius 3 is 2.62 bits per heavy atom. The van der Waals surface area contributed by atoms with E-state index >= 15 is 0 Å². The van der Waals surface area contributed by atoms with E-state index in [-0.39, 0.29) is 17.4 Å². The molecule has 0 radical (unpaired) electrons. The molecule has 3 aliphatic heterocycles. The van der Waals surface area contributed by atoms with Crippen LogP contribution in [0.25, 0.3) is 11.1 Å². The fourth-order valence-electron chi connectivity index (χ4n) is 4.26. The zero-order chi connectivity index (χ0) is 17.7. The van der Waals surface area contributed by atoms with E-state index < -0.39 is 0 Å². The molecule has 132 valence electrons. The normalized spacial score (nSPS) is 19.7. The van der Waals surface area contributed by atoms with Crippen molar-refractivity contribution >= 4 is 11.8 Å². The van der Waals surface area contributed by atoms with Crippen LogP contribution in [0.4, 0.5) is 0 Å². The zero-order valence-corrected chi connectivity index (χ0v) is 14.5. The Morgan fingerprint density at radius 2 is 1.88 bits per heavy atom. The second kappa shape index (κ2) is 5.59. The molecule has 0 saturated carbocycles. The maximum Gasteiger partial charge on any atom is 0.254 e. The molecule has 0 aliphatic carbocycles. The quantitative estimate of drug-likeness (QED) is 0.907. The third kappa shape index (κ3) is 2.38. The number of ether oxygens (including phenoxy) is 1. The van der Waals surface area contributed by atoms with Crippen LogP contribution in [0.2, 0.25) is 0 Å². The molecule has 5 nitrogen and oxygen atoms in total. The number of likely N-dealkylation sites (tertiary alicyclic amines) is 1. The van der Waals surface area contributed by atoms with Gasteiger partial charge in [0.25, 0.3) is 5.91 Å². The number of rotatable bonds is 2. The van der Waals surface area contributed by atoms with Gasteiger partial charge < -0.3 is 15.0 Å². The van der Waals surface area contributed by atoms with Crippen LogP contribution in [0.1, 0.15) is 28.8 Å². The molecule has 3 heterocycles. The van der Waals surface area contributed by atoms with Crippen LogP contribution in [0.5, 0.6) is 5.75 Å². The summed E-state index contributed by atoms with van der Waals surface area (Å²) in [5.41, 5.74) is 3.89. The number of fused-ring (bicyclic) bond motifs is 1. The smallest absolute Gasteiger partial charge is 0.254 e. The van der Waals surface area contributed by atoms with Crippen LogP contribution in [0, 0.1) is 0 Å². The van der Waals surface area contributed by atoms with E-state index in [0.717, 1.165) is 36.3 Å². The molecule has 0 aromatic heterocycles. The highest BCUT2D eigenvalue weighted by Crippen LogP contribution is 2.37. The molecule has 2 amide bonds. The van der Waals surface area contributed by atoms with Crippen LogP contribution < -0.4 is 10.1 Å². The highest BCUT2D eigenvalue weighted by molar-refractivity contribution is 5.96. The van der Waals surface area contributed by atoms with Gasteiger partial charge in [0, 0.05) is 37.1 Å². The summed E-state index contributed by atoms with van der Waals surface area (Å²) >= 11 is 0. The number of para-hydroxylation sites is 1. The standard InChI is InChI=1S/C21H20N2O3/c24-18-8-10-21(22-18)12-23(13-21)20(25)16-6-4-14(5-7-16)17-3-1-2-15-9-11-26-19(15)17/h1-7H,8-13H2,(H,22,24). The summed E-state index contributed by atoms with van der Waals surface area (Å²) < 4.78 is 5.78. The van der Waals surface area contributed by atoms with Crippen LogP contribution >= 0.6 is 0 Å². The fourth-order valence-corrected chi connectivity index (χ4v) is 4.26. The third-order valence-corrected chi connectivity index (χ3v) is 5.67. The van der Waals surface area contributed by atoms with Gasteiger partial charge in [0.2, 0.25) is 5.91 Å². The van der Waals surface area contributed by atoms with Crippen molar-refractivity contribution in [1.82, 2.24) is 10.2 Å². The first-order chi connectivity index (χ1) is 12.6. The molecule has 5 heteroatoms. The highest BCUT2D eigenvalue weighted by atomic mass is 16.5. The lowest BCUT2D eigenvalue weighted by Crippen LogP contribution is -2.68. The number of carbonyl (C=O) groups excluding carboxylic acids is 2. The molecule has 1 N–H and O–H groups in total. The molecular weight excluding hydrogens is 328 g/mol. The van der Waals surface area contributed by atoms with Crippen LogP contribution in [-0.2, 0) is 11.2 Å². The summed E-state index contributed by atoms with van der Waals surface area (Å²) in [6.45, 7) is 1.95. The van der Waals surface area contributed by atoms with Gasteiger partial charge in [0.1, 0.15) is 5.75 Å². The number of hydrogen-bond donors (Lipinski definition) is 1. The van der Waals surface area contributed by atoms with Gasteiger partial charge in [-0.2, -0.15) is 0 Å². The van der Waals surface area contributed by atoms with Crippen molar-refractivity contribution in [3.63, 3.8) is 0 Å². The van der Waals surface area contributed by atoms with Crippen molar-refractivity contribution in [2.24, 2.45) is 0 Å². The second-order valence-corrected chi connectivity index (χ2v) is 7.46. The predicted molar refractivity (Wildman–Crippen MR) is 97.1 cm³/mol. The Labute approximate surface area is 152 Å². The Morgan fingerprint density at radius 1 is 1.08 bits per heavy atom. The molecule has 2 aromatic rings. The minimum Gasteiger partial charge on any atom is -0.492 e. The molecule has 26 heavy (non-hydrogen) atoms. The Kier molecular flexibility index (Phi) is 3.32. The van der Waals surface area contributed by atoms with E-state index in [0.29, 0.717) is 25.1 Å². The maximum absolute atomic E-state index is 12.7. The van der Waals surface area contributed by atoms with Crippen LogP contribution in [0.15, 0.2) is 42.5 Å². The van der Waals surface area contributed by atoms with Gasteiger partial charge in [-0.1, -0.05) is 30.3 Å². The van der Waals surface area contributed by atoms with Gasteiger partial charge in [0.15, 0.2) is 0 Å². The minimum atomic E-state index is -0.172. The lowest BCUT2D eigenvalue weighted by molar-refractivity contribution is -0.120. The largest absolute Gasteiger partial charge is 0.492 e. The molecule has 1 spiro atoms. The molecular formula is C21H20N2O3. The number of carbonyl (C=O) groups is 2. The van der Waals surface area contributed by atoms with Crippen molar-refractivity contribution in [3.05, 3.63) is 53.6 Å². The topological polar surface area (TPSA) is 58.6 Å². The average molecular weight is 348 g/mol. The monoisotopic (exact) mass is 348 g/mol. The maximum atomic E-state index is 12.7. The van der Waals surface area contributed by atoms with Crippen molar-refractivity contribution < 1.29 is 14.3 Å². The van der Waals surface area contributed by atoms with E-state index in [2.05, 4.69) is 23.5 Å². The van der Waals surface area contributed by atoms with Gasteiger partial charge in [-0.3, -0.25) is 9.59 Å². The summed E-state index contributed by atoms with van der Waals surface area (Å²) in [6.07, 6.45) is 2.35. The molecule has 2 fully saturated rings. The van der Waals surface area contributed by atoms with Gasteiger partial charge in [0.05, 0.1) is 12.1 Å². The molecule has 3 aliphatic rings. The summed E-state index contributed by atoms with van der Waals surface area (Å²) in [6, 6.07) is 13.9. The zero-order valence-electron chi connectivity index (χ0n) is 14.5. The van der Waals surface area contributed by atoms with E-state index in [1.165, 1.54) is 5.56 Å². The molecule has 0 bridgehead atoms.